The van der Waals surface area contributed by atoms with Crippen LogP contribution in [0, 0.1) is 0 Å². The largest absolute Gasteiger partial charge is 0.303 e. The zero-order valence-electron chi connectivity index (χ0n) is 10.9. The number of ketones is 1. The average molecular weight is 333 g/mol. The minimum absolute atomic E-state index is 0.242. The lowest BCUT2D eigenvalue weighted by Crippen LogP contribution is -2.26. The summed E-state index contributed by atoms with van der Waals surface area (Å²) in [4.78, 5) is 14.1. The second-order valence-electron chi connectivity index (χ2n) is 4.23. The molecule has 0 spiro atoms. The summed E-state index contributed by atoms with van der Waals surface area (Å²) >= 11 is 9.45. The van der Waals surface area contributed by atoms with Crippen LogP contribution in [0.2, 0.25) is 5.02 Å². The van der Waals surface area contributed by atoms with E-state index in [0.717, 1.165) is 29.7 Å². The van der Waals surface area contributed by atoms with Gasteiger partial charge in [-0.1, -0.05) is 47.4 Å². The number of rotatable bonds is 7. The van der Waals surface area contributed by atoms with E-state index < -0.39 is 0 Å². The number of hydrogen-bond donors (Lipinski definition) is 0. The van der Waals surface area contributed by atoms with Crippen LogP contribution in [-0.2, 0) is 11.2 Å². The van der Waals surface area contributed by atoms with Crippen molar-refractivity contribution in [3.05, 3.63) is 33.3 Å². The van der Waals surface area contributed by atoms with Crippen LogP contribution >= 0.6 is 27.5 Å². The second-order valence-corrected chi connectivity index (χ2v) is 5.55. The lowest BCUT2D eigenvalue weighted by atomic mass is 10.1. The molecule has 0 N–H and O–H groups in total. The number of carbonyl (C=O) groups is 1. The van der Waals surface area contributed by atoms with Crippen molar-refractivity contribution in [2.24, 2.45) is 0 Å². The lowest BCUT2D eigenvalue weighted by molar-refractivity contribution is -0.118. The van der Waals surface area contributed by atoms with E-state index >= 15 is 0 Å². The first kappa shape index (κ1) is 15.7. The fourth-order valence-corrected chi connectivity index (χ4v) is 2.53. The van der Waals surface area contributed by atoms with Gasteiger partial charge in [-0.3, -0.25) is 4.79 Å². The summed E-state index contributed by atoms with van der Waals surface area (Å²) in [5, 5.41) is 0.653. The summed E-state index contributed by atoms with van der Waals surface area (Å²) < 4.78 is 0.937. The third kappa shape index (κ3) is 5.09. The lowest BCUT2D eigenvalue weighted by Gasteiger charge is -2.17. The van der Waals surface area contributed by atoms with Crippen LogP contribution < -0.4 is 0 Å². The molecule has 1 aromatic rings. The molecule has 0 unspecified atom stereocenters. The van der Waals surface area contributed by atoms with Crippen molar-refractivity contribution in [1.82, 2.24) is 4.90 Å². The second kappa shape index (κ2) is 7.93. The topological polar surface area (TPSA) is 20.3 Å². The summed E-state index contributed by atoms with van der Waals surface area (Å²) in [6.45, 7) is 7.03. The zero-order chi connectivity index (χ0) is 13.5. The quantitative estimate of drug-likeness (QED) is 0.753. The maximum atomic E-state index is 11.9. The highest BCUT2D eigenvalue weighted by molar-refractivity contribution is 9.10. The van der Waals surface area contributed by atoms with Crippen LogP contribution in [0.1, 0.15) is 25.8 Å². The molecule has 1 rings (SSSR count). The van der Waals surface area contributed by atoms with E-state index in [1.54, 1.807) is 0 Å². The Hall–Kier alpha value is -0.380. The third-order valence-corrected chi connectivity index (χ3v) is 3.85. The fourth-order valence-electron chi connectivity index (χ4n) is 1.79. The molecule has 4 heteroatoms. The molecule has 18 heavy (non-hydrogen) atoms. The summed E-state index contributed by atoms with van der Waals surface area (Å²) in [5.41, 5.74) is 0.907. The Morgan fingerprint density at radius 1 is 1.33 bits per heavy atom. The Kier molecular flexibility index (Phi) is 6.90. The van der Waals surface area contributed by atoms with Gasteiger partial charge in [-0.25, -0.2) is 0 Å². The fraction of sp³-hybridized carbons (Fsp3) is 0.500. The molecule has 0 bridgehead atoms. The first-order valence-corrected chi connectivity index (χ1v) is 7.41. The Morgan fingerprint density at radius 3 is 2.56 bits per heavy atom. The monoisotopic (exact) mass is 331 g/mol. The molecule has 0 atom stereocenters. The molecule has 0 radical (unpaired) electrons. The van der Waals surface area contributed by atoms with E-state index in [0.29, 0.717) is 17.9 Å². The van der Waals surface area contributed by atoms with E-state index in [4.69, 9.17) is 11.6 Å². The number of halogens is 2. The summed E-state index contributed by atoms with van der Waals surface area (Å²) in [6.07, 6.45) is 1.02. The van der Waals surface area contributed by atoms with Gasteiger partial charge in [0.1, 0.15) is 5.78 Å². The molecule has 0 aromatic heterocycles. The molecule has 100 valence electrons. The van der Waals surface area contributed by atoms with Gasteiger partial charge in [0.25, 0.3) is 0 Å². The zero-order valence-corrected chi connectivity index (χ0v) is 13.2. The predicted octanol–water partition coefficient (Wildman–Crippen LogP) is 3.95. The van der Waals surface area contributed by atoms with Gasteiger partial charge in [0.15, 0.2) is 0 Å². The molecule has 0 aliphatic rings. The number of nitrogens with zero attached hydrogens (tertiary/aromatic N) is 1. The van der Waals surface area contributed by atoms with Gasteiger partial charge < -0.3 is 4.90 Å². The normalized spacial score (nSPS) is 10.9. The van der Waals surface area contributed by atoms with E-state index in [1.165, 1.54) is 0 Å². The Labute approximate surface area is 122 Å². The van der Waals surface area contributed by atoms with Gasteiger partial charge in [-0.15, -0.1) is 0 Å². The standard InChI is InChI=1S/C14H19BrClNO/c1-3-17(4-2)8-7-13(18)9-11-5-6-12(15)10-14(11)16/h5-6,10H,3-4,7-9H2,1-2H3. The van der Waals surface area contributed by atoms with Crippen LogP contribution in [0.25, 0.3) is 0 Å². The molecular weight excluding hydrogens is 314 g/mol. The molecule has 0 fully saturated rings. The van der Waals surface area contributed by atoms with Gasteiger partial charge in [-0.2, -0.15) is 0 Å². The van der Waals surface area contributed by atoms with Crippen molar-refractivity contribution in [1.29, 1.82) is 0 Å². The summed E-state index contributed by atoms with van der Waals surface area (Å²) in [6, 6.07) is 5.65. The maximum Gasteiger partial charge on any atom is 0.138 e. The first-order chi connectivity index (χ1) is 8.56. The smallest absolute Gasteiger partial charge is 0.138 e. The van der Waals surface area contributed by atoms with Crippen LogP contribution in [0.5, 0.6) is 0 Å². The highest BCUT2D eigenvalue weighted by Crippen LogP contribution is 2.22. The molecule has 0 heterocycles. The summed E-state index contributed by atoms with van der Waals surface area (Å²) in [7, 11) is 0. The Morgan fingerprint density at radius 2 is 2.00 bits per heavy atom. The molecule has 0 aliphatic heterocycles. The predicted molar refractivity (Wildman–Crippen MR) is 80.3 cm³/mol. The van der Waals surface area contributed by atoms with Crippen molar-refractivity contribution in [2.75, 3.05) is 19.6 Å². The number of hydrogen-bond acceptors (Lipinski definition) is 2. The third-order valence-electron chi connectivity index (χ3n) is 3.00. The van der Waals surface area contributed by atoms with Gasteiger partial charge in [0, 0.05) is 28.9 Å². The van der Waals surface area contributed by atoms with Gasteiger partial charge in [0.05, 0.1) is 0 Å². The molecule has 0 saturated heterocycles. The minimum atomic E-state index is 0.242. The van der Waals surface area contributed by atoms with Gasteiger partial charge in [-0.05, 0) is 30.8 Å². The van der Waals surface area contributed by atoms with Crippen molar-refractivity contribution >= 4 is 33.3 Å². The number of carbonyl (C=O) groups excluding carboxylic acids is 1. The molecule has 0 amide bonds. The Balaban J connectivity index is 2.49. The molecule has 0 aliphatic carbocycles. The van der Waals surface area contributed by atoms with E-state index in [-0.39, 0.29) is 5.78 Å². The number of Topliss-reactive ketones (excluding diaryl/α,β-unsaturated/α-hetero) is 1. The van der Waals surface area contributed by atoms with Crippen molar-refractivity contribution in [3.63, 3.8) is 0 Å². The molecular formula is C14H19BrClNO. The van der Waals surface area contributed by atoms with Crippen LogP contribution in [0.15, 0.2) is 22.7 Å². The SMILES string of the molecule is CCN(CC)CCC(=O)Cc1ccc(Br)cc1Cl. The molecule has 1 aromatic carbocycles. The summed E-state index contributed by atoms with van der Waals surface area (Å²) in [5.74, 6) is 0.242. The van der Waals surface area contributed by atoms with Gasteiger partial charge >= 0.3 is 0 Å². The average Bonchev–Trinajstić information content (AvgIpc) is 2.34. The number of benzene rings is 1. The van der Waals surface area contributed by atoms with Crippen molar-refractivity contribution < 1.29 is 4.79 Å². The van der Waals surface area contributed by atoms with E-state index in [1.807, 2.05) is 18.2 Å². The van der Waals surface area contributed by atoms with Crippen molar-refractivity contribution in [3.8, 4) is 0 Å². The van der Waals surface area contributed by atoms with E-state index in [2.05, 4.69) is 34.7 Å². The molecule has 0 saturated carbocycles. The van der Waals surface area contributed by atoms with Crippen LogP contribution in [0.4, 0.5) is 0 Å². The van der Waals surface area contributed by atoms with Crippen molar-refractivity contribution in [2.45, 2.75) is 26.7 Å². The maximum absolute atomic E-state index is 11.9. The van der Waals surface area contributed by atoms with E-state index in [9.17, 15) is 4.79 Å². The van der Waals surface area contributed by atoms with Crippen LogP contribution in [-0.4, -0.2) is 30.3 Å². The first-order valence-electron chi connectivity index (χ1n) is 6.24. The van der Waals surface area contributed by atoms with Crippen LogP contribution in [0.3, 0.4) is 0 Å². The Bertz CT molecular complexity index is 405. The highest BCUT2D eigenvalue weighted by atomic mass is 79.9. The molecule has 2 nitrogen and oxygen atoms in total. The van der Waals surface area contributed by atoms with Gasteiger partial charge in [0.2, 0.25) is 0 Å². The minimum Gasteiger partial charge on any atom is -0.303 e. The highest BCUT2D eigenvalue weighted by Gasteiger charge is 2.09.